The van der Waals surface area contributed by atoms with E-state index in [1.165, 1.54) is 16.5 Å². The molecule has 1 heterocycles. The average molecular weight is 570 g/mol. The molecule has 6 heteroatoms. The minimum Gasteiger partial charge on any atom is -0.491 e. The number of nitrogens with one attached hydrogen (secondary N) is 1. The maximum Gasteiger partial charge on any atom is 0.237 e. The summed E-state index contributed by atoms with van der Waals surface area (Å²) in [5, 5.41) is 12.0. The first kappa shape index (κ1) is 31.3. The van der Waals surface area contributed by atoms with Gasteiger partial charge in [0.25, 0.3) is 0 Å². The second-order valence-electron chi connectivity index (χ2n) is 12.2. The zero-order valence-electron chi connectivity index (χ0n) is 25.7. The lowest BCUT2D eigenvalue weighted by molar-refractivity contribution is -0.133. The Morgan fingerprint density at radius 3 is 2.38 bits per heavy atom. The predicted octanol–water partition coefficient (Wildman–Crippen LogP) is 6.58. The third kappa shape index (κ3) is 9.20. The van der Waals surface area contributed by atoms with Gasteiger partial charge in [-0.15, -0.1) is 0 Å². The first-order valence-corrected chi connectivity index (χ1v) is 15.2. The Balaban J connectivity index is 1.46. The van der Waals surface area contributed by atoms with Gasteiger partial charge < -0.3 is 19.7 Å². The average Bonchev–Trinajstić information content (AvgIpc) is 3.40. The summed E-state index contributed by atoms with van der Waals surface area (Å²) in [6.07, 6.45) is 4.11. The van der Waals surface area contributed by atoms with E-state index in [-0.39, 0.29) is 24.5 Å². The Morgan fingerprint density at radius 1 is 0.952 bits per heavy atom. The van der Waals surface area contributed by atoms with Crippen molar-refractivity contribution in [3.05, 3.63) is 102 Å². The topological polar surface area (TPSA) is 68.8 Å². The molecule has 4 aromatic rings. The molecule has 0 spiro atoms. The third-order valence-corrected chi connectivity index (χ3v) is 7.71. The minimum atomic E-state index is -0.695. The number of hydrogen-bond acceptors (Lipinski definition) is 4. The van der Waals surface area contributed by atoms with Crippen molar-refractivity contribution in [3.63, 3.8) is 0 Å². The fraction of sp³-hybridized carbons (Fsp3) is 0.417. The number of fused-ring (bicyclic) bond motifs is 1. The van der Waals surface area contributed by atoms with Crippen molar-refractivity contribution in [1.82, 2.24) is 14.8 Å². The number of hydrogen-bond donors (Lipinski definition) is 2. The predicted molar refractivity (Wildman–Crippen MR) is 172 cm³/mol. The van der Waals surface area contributed by atoms with E-state index >= 15 is 0 Å². The van der Waals surface area contributed by atoms with E-state index in [1.54, 1.807) is 0 Å². The number of ether oxygens (including phenoxy) is 1. The van der Waals surface area contributed by atoms with Crippen molar-refractivity contribution in [1.29, 1.82) is 0 Å². The number of benzene rings is 3. The Kier molecular flexibility index (Phi) is 11.2. The molecule has 2 N–H and O–H groups in total. The molecule has 1 unspecified atom stereocenters. The van der Waals surface area contributed by atoms with Crippen LogP contribution in [0.4, 0.5) is 0 Å². The number of H-pyrrole nitrogens is 1. The van der Waals surface area contributed by atoms with Gasteiger partial charge >= 0.3 is 0 Å². The molecule has 224 valence electrons. The van der Waals surface area contributed by atoms with E-state index in [1.807, 2.05) is 41.3 Å². The standard InChI is InChI=1S/C36H47N3O3/c1-5-6-21-38(25-31(40)27-42-32-12-8-7-9-13-32)26-35(41)39(24-28-16-18-30(19-17-28)36(2,3)4)22-20-29-23-37-34-15-11-10-14-33(29)34/h7-19,23,31,37,40H,5-6,20-22,24-27H2,1-4H3. The highest BCUT2D eigenvalue weighted by atomic mass is 16.5. The fourth-order valence-corrected chi connectivity index (χ4v) is 5.18. The van der Waals surface area contributed by atoms with Gasteiger partial charge in [0, 0.05) is 36.7 Å². The fourth-order valence-electron chi connectivity index (χ4n) is 5.18. The van der Waals surface area contributed by atoms with Crippen molar-refractivity contribution in [2.75, 3.05) is 32.8 Å². The third-order valence-electron chi connectivity index (χ3n) is 7.71. The van der Waals surface area contributed by atoms with Crippen LogP contribution in [0.15, 0.2) is 85.1 Å². The first-order valence-electron chi connectivity index (χ1n) is 15.2. The molecule has 0 aliphatic carbocycles. The Morgan fingerprint density at radius 2 is 1.67 bits per heavy atom. The quantitative estimate of drug-likeness (QED) is 0.170. The number of unbranched alkanes of at least 4 members (excludes halogenated alkanes) is 1. The van der Waals surface area contributed by atoms with Gasteiger partial charge in [0.2, 0.25) is 5.91 Å². The molecule has 0 aliphatic rings. The normalized spacial score (nSPS) is 12.5. The number of para-hydroxylation sites is 2. The van der Waals surface area contributed by atoms with E-state index in [2.05, 4.69) is 86.2 Å². The Labute approximate surface area is 251 Å². The summed E-state index contributed by atoms with van der Waals surface area (Å²) in [5.74, 6) is 0.802. The summed E-state index contributed by atoms with van der Waals surface area (Å²) in [6.45, 7) is 11.5. The van der Waals surface area contributed by atoms with E-state index in [4.69, 9.17) is 4.74 Å². The van der Waals surface area contributed by atoms with Gasteiger partial charge in [0.15, 0.2) is 0 Å². The first-order chi connectivity index (χ1) is 20.2. The van der Waals surface area contributed by atoms with Gasteiger partial charge in [0.05, 0.1) is 6.54 Å². The Bertz CT molecular complexity index is 1380. The summed E-state index contributed by atoms with van der Waals surface area (Å²) in [5.41, 5.74) is 4.80. The van der Waals surface area contributed by atoms with Crippen molar-refractivity contribution in [3.8, 4) is 5.75 Å². The Hall–Kier alpha value is -3.61. The zero-order chi connectivity index (χ0) is 30.0. The maximum atomic E-state index is 13.9. The molecular weight excluding hydrogens is 522 g/mol. The number of aromatic amines is 1. The van der Waals surface area contributed by atoms with Gasteiger partial charge in [-0.05, 0) is 59.7 Å². The van der Waals surface area contributed by atoms with E-state index < -0.39 is 6.10 Å². The van der Waals surface area contributed by atoms with Crippen LogP contribution >= 0.6 is 0 Å². The number of aliphatic hydroxyl groups excluding tert-OH is 1. The van der Waals surface area contributed by atoms with Gasteiger partial charge in [-0.1, -0.05) is 94.8 Å². The van der Waals surface area contributed by atoms with Gasteiger partial charge in [0.1, 0.15) is 18.5 Å². The largest absolute Gasteiger partial charge is 0.491 e. The van der Waals surface area contributed by atoms with Crippen LogP contribution in [0.3, 0.4) is 0 Å². The number of aliphatic hydroxyl groups is 1. The number of rotatable bonds is 15. The molecular formula is C36H47N3O3. The highest BCUT2D eigenvalue weighted by Gasteiger charge is 2.21. The molecule has 1 amide bonds. The van der Waals surface area contributed by atoms with Crippen molar-refractivity contribution >= 4 is 16.8 Å². The smallest absolute Gasteiger partial charge is 0.237 e. The summed E-state index contributed by atoms with van der Waals surface area (Å²) < 4.78 is 5.78. The molecule has 1 aromatic heterocycles. The molecule has 42 heavy (non-hydrogen) atoms. The molecule has 0 fully saturated rings. The van der Waals surface area contributed by atoms with Crippen LogP contribution < -0.4 is 4.74 Å². The van der Waals surface area contributed by atoms with Crippen molar-refractivity contribution < 1.29 is 14.6 Å². The molecule has 0 radical (unpaired) electrons. The lowest BCUT2D eigenvalue weighted by Crippen LogP contribution is -2.44. The minimum absolute atomic E-state index is 0.0713. The van der Waals surface area contributed by atoms with Crippen LogP contribution in [-0.2, 0) is 23.2 Å². The molecule has 0 saturated carbocycles. The number of nitrogens with zero attached hydrogens (tertiary/aromatic N) is 2. The van der Waals surface area contributed by atoms with Crippen molar-refractivity contribution in [2.45, 2.75) is 65.0 Å². The maximum absolute atomic E-state index is 13.9. The lowest BCUT2D eigenvalue weighted by Gasteiger charge is -2.29. The summed E-state index contributed by atoms with van der Waals surface area (Å²) >= 11 is 0. The van der Waals surface area contributed by atoms with Gasteiger partial charge in [-0.2, -0.15) is 0 Å². The van der Waals surface area contributed by atoms with Crippen LogP contribution in [0, 0.1) is 0 Å². The van der Waals surface area contributed by atoms with Crippen LogP contribution in [-0.4, -0.2) is 64.7 Å². The zero-order valence-corrected chi connectivity index (χ0v) is 25.7. The summed E-state index contributed by atoms with van der Waals surface area (Å²) in [7, 11) is 0. The monoisotopic (exact) mass is 569 g/mol. The van der Waals surface area contributed by atoms with Crippen LogP contribution in [0.1, 0.15) is 57.2 Å². The van der Waals surface area contributed by atoms with E-state index in [9.17, 15) is 9.90 Å². The molecule has 6 nitrogen and oxygen atoms in total. The molecule has 0 bridgehead atoms. The highest BCUT2D eigenvalue weighted by Crippen LogP contribution is 2.23. The van der Waals surface area contributed by atoms with Gasteiger partial charge in [-0.25, -0.2) is 0 Å². The summed E-state index contributed by atoms with van der Waals surface area (Å²) in [4.78, 5) is 21.3. The van der Waals surface area contributed by atoms with Crippen LogP contribution in [0.2, 0.25) is 0 Å². The number of aromatic nitrogens is 1. The SMILES string of the molecule is CCCCN(CC(=O)N(CCc1c[nH]c2ccccc12)Cc1ccc(C(C)(C)C)cc1)CC(O)COc1ccccc1. The lowest BCUT2D eigenvalue weighted by atomic mass is 9.87. The molecule has 0 aliphatic heterocycles. The van der Waals surface area contributed by atoms with Crippen LogP contribution in [0.25, 0.3) is 10.9 Å². The second kappa shape index (κ2) is 15.0. The number of carbonyl (C=O) groups excluding carboxylic acids is 1. The highest BCUT2D eigenvalue weighted by molar-refractivity contribution is 5.83. The van der Waals surface area contributed by atoms with E-state index in [0.717, 1.165) is 42.6 Å². The molecule has 3 aromatic carbocycles. The number of amides is 1. The second-order valence-corrected chi connectivity index (χ2v) is 12.2. The number of carbonyl (C=O) groups is 1. The van der Waals surface area contributed by atoms with Crippen LogP contribution in [0.5, 0.6) is 5.75 Å². The summed E-state index contributed by atoms with van der Waals surface area (Å²) in [6, 6.07) is 26.5. The van der Waals surface area contributed by atoms with E-state index in [0.29, 0.717) is 19.6 Å². The van der Waals surface area contributed by atoms with Gasteiger partial charge in [-0.3, -0.25) is 9.69 Å². The molecule has 0 saturated heterocycles. The molecule has 4 rings (SSSR count). The molecule has 1 atom stereocenters. The van der Waals surface area contributed by atoms with Crippen molar-refractivity contribution in [2.24, 2.45) is 0 Å².